The molecule has 0 saturated carbocycles. The highest BCUT2D eigenvalue weighted by atomic mass is 35.5. The van der Waals surface area contributed by atoms with Crippen LogP contribution in [0.2, 0.25) is 5.02 Å². The van der Waals surface area contributed by atoms with Crippen molar-refractivity contribution in [1.29, 1.82) is 0 Å². The van der Waals surface area contributed by atoms with Crippen molar-refractivity contribution in [3.05, 3.63) is 64.9 Å². The van der Waals surface area contributed by atoms with Gasteiger partial charge >= 0.3 is 0 Å². The molecule has 2 rings (SSSR count). The third-order valence-electron chi connectivity index (χ3n) is 2.79. The van der Waals surface area contributed by atoms with Gasteiger partial charge in [0, 0.05) is 22.8 Å². The Bertz CT molecular complexity index is 566. The van der Waals surface area contributed by atoms with Crippen molar-refractivity contribution in [3.8, 4) is 0 Å². The zero-order valence-electron chi connectivity index (χ0n) is 10.4. The lowest BCUT2D eigenvalue weighted by Crippen LogP contribution is -2.30. The molecule has 0 saturated heterocycles. The van der Waals surface area contributed by atoms with E-state index in [1.165, 1.54) is 12.1 Å². The summed E-state index contributed by atoms with van der Waals surface area (Å²) < 4.78 is 12.9. The van der Waals surface area contributed by atoms with Crippen LogP contribution in [-0.2, 0) is 0 Å². The second kappa shape index (κ2) is 5.85. The summed E-state index contributed by atoms with van der Waals surface area (Å²) in [5, 5.41) is 0.585. The molecule has 0 aliphatic heterocycles. The van der Waals surface area contributed by atoms with Crippen LogP contribution >= 0.6 is 11.6 Å². The summed E-state index contributed by atoms with van der Waals surface area (Å²) in [7, 11) is 0. The van der Waals surface area contributed by atoms with Crippen LogP contribution in [0.4, 0.5) is 10.1 Å². The van der Waals surface area contributed by atoms with Crippen molar-refractivity contribution in [2.75, 3.05) is 11.4 Å². The Morgan fingerprint density at radius 2 is 1.68 bits per heavy atom. The Hall–Kier alpha value is -1.87. The lowest BCUT2D eigenvalue weighted by molar-refractivity contribution is 0.0988. The second-order valence-corrected chi connectivity index (χ2v) is 4.47. The minimum absolute atomic E-state index is 0.134. The molecule has 2 aromatic rings. The molecule has 0 radical (unpaired) electrons. The van der Waals surface area contributed by atoms with Crippen molar-refractivity contribution in [2.24, 2.45) is 0 Å². The van der Waals surface area contributed by atoms with Gasteiger partial charge in [0.25, 0.3) is 5.91 Å². The maximum absolute atomic E-state index is 12.9. The van der Waals surface area contributed by atoms with E-state index in [9.17, 15) is 9.18 Å². The van der Waals surface area contributed by atoms with Gasteiger partial charge < -0.3 is 4.90 Å². The van der Waals surface area contributed by atoms with Gasteiger partial charge in [-0.15, -0.1) is 0 Å². The average molecular weight is 278 g/mol. The number of halogens is 2. The number of nitrogens with zero attached hydrogens (tertiary/aromatic N) is 1. The van der Waals surface area contributed by atoms with Gasteiger partial charge in [-0.2, -0.15) is 0 Å². The van der Waals surface area contributed by atoms with Crippen LogP contribution < -0.4 is 4.90 Å². The van der Waals surface area contributed by atoms with E-state index in [4.69, 9.17) is 11.6 Å². The van der Waals surface area contributed by atoms with E-state index >= 15 is 0 Å². The molecular formula is C15H13ClFNO. The first kappa shape index (κ1) is 13.6. The standard InChI is InChI=1S/C15H13ClFNO/c1-2-18(14-9-7-13(17)8-10-14)15(19)11-3-5-12(16)6-4-11/h3-10H,2H2,1H3. The van der Waals surface area contributed by atoms with Crippen molar-refractivity contribution in [2.45, 2.75) is 6.92 Å². The molecule has 1 amide bonds. The summed E-state index contributed by atoms with van der Waals surface area (Å²) in [5.74, 6) is -0.454. The van der Waals surface area contributed by atoms with Crippen LogP contribution in [0.5, 0.6) is 0 Å². The summed E-state index contributed by atoms with van der Waals surface area (Å²) in [6.45, 7) is 2.38. The van der Waals surface area contributed by atoms with Crippen LogP contribution in [-0.4, -0.2) is 12.5 Å². The smallest absolute Gasteiger partial charge is 0.258 e. The van der Waals surface area contributed by atoms with E-state index in [2.05, 4.69) is 0 Å². The predicted octanol–water partition coefficient (Wildman–Crippen LogP) is 4.15. The topological polar surface area (TPSA) is 20.3 Å². The molecule has 19 heavy (non-hydrogen) atoms. The Kier molecular flexibility index (Phi) is 4.17. The molecule has 0 aromatic heterocycles. The van der Waals surface area contributed by atoms with Gasteiger partial charge in [0.1, 0.15) is 5.82 Å². The number of hydrogen-bond donors (Lipinski definition) is 0. The Morgan fingerprint density at radius 3 is 2.21 bits per heavy atom. The normalized spacial score (nSPS) is 10.3. The maximum Gasteiger partial charge on any atom is 0.258 e. The zero-order chi connectivity index (χ0) is 13.8. The Morgan fingerprint density at radius 1 is 1.11 bits per heavy atom. The fourth-order valence-corrected chi connectivity index (χ4v) is 1.94. The predicted molar refractivity (Wildman–Crippen MR) is 75.2 cm³/mol. The highest BCUT2D eigenvalue weighted by molar-refractivity contribution is 6.30. The van der Waals surface area contributed by atoms with Crippen LogP contribution in [0.3, 0.4) is 0 Å². The zero-order valence-corrected chi connectivity index (χ0v) is 11.2. The Labute approximate surface area is 116 Å². The largest absolute Gasteiger partial charge is 0.309 e. The second-order valence-electron chi connectivity index (χ2n) is 4.03. The fraction of sp³-hybridized carbons (Fsp3) is 0.133. The number of carbonyl (C=O) groups excluding carboxylic acids is 1. The van der Waals surface area contributed by atoms with Gasteiger partial charge in [0.05, 0.1) is 0 Å². The molecule has 2 aromatic carbocycles. The first-order chi connectivity index (χ1) is 9.11. The van der Waals surface area contributed by atoms with Gasteiger partial charge in [-0.25, -0.2) is 4.39 Å². The van der Waals surface area contributed by atoms with Gasteiger partial charge in [0.2, 0.25) is 0 Å². The number of amides is 1. The Balaban J connectivity index is 2.29. The maximum atomic E-state index is 12.9. The highest BCUT2D eigenvalue weighted by Crippen LogP contribution is 2.18. The van der Waals surface area contributed by atoms with Gasteiger partial charge in [-0.1, -0.05) is 11.6 Å². The van der Waals surface area contributed by atoms with Gasteiger partial charge in [-0.05, 0) is 55.5 Å². The quantitative estimate of drug-likeness (QED) is 0.825. The summed E-state index contributed by atoms with van der Waals surface area (Å²) in [6, 6.07) is 12.6. The molecule has 0 spiro atoms. The van der Waals surface area contributed by atoms with Gasteiger partial charge in [-0.3, -0.25) is 4.79 Å². The monoisotopic (exact) mass is 277 g/mol. The molecule has 0 aliphatic carbocycles. The lowest BCUT2D eigenvalue weighted by Gasteiger charge is -2.21. The van der Waals surface area contributed by atoms with Crippen molar-refractivity contribution in [3.63, 3.8) is 0 Å². The minimum Gasteiger partial charge on any atom is -0.309 e. The van der Waals surface area contributed by atoms with E-state index in [1.54, 1.807) is 41.3 Å². The number of anilines is 1. The number of benzene rings is 2. The van der Waals surface area contributed by atoms with Crippen LogP contribution in [0.15, 0.2) is 48.5 Å². The third kappa shape index (κ3) is 3.12. The van der Waals surface area contributed by atoms with Crippen LogP contribution in [0.1, 0.15) is 17.3 Å². The molecule has 0 atom stereocenters. The van der Waals surface area contributed by atoms with Crippen LogP contribution in [0, 0.1) is 5.82 Å². The molecule has 98 valence electrons. The van der Waals surface area contributed by atoms with Crippen molar-refractivity contribution in [1.82, 2.24) is 0 Å². The summed E-state index contributed by atoms with van der Waals surface area (Å²) in [6.07, 6.45) is 0. The first-order valence-electron chi connectivity index (χ1n) is 5.95. The number of carbonyl (C=O) groups is 1. The van der Waals surface area contributed by atoms with E-state index < -0.39 is 0 Å². The van der Waals surface area contributed by atoms with E-state index in [1.807, 2.05) is 6.92 Å². The third-order valence-corrected chi connectivity index (χ3v) is 3.04. The molecular weight excluding hydrogens is 265 g/mol. The molecule has 4 heteroatoms. The summed E-state index contributed by atoms with van der Waals surface area (Å²) in [5.41, 5.74) is 1.22. The summed E-state index contributed by atoms with van der Waals surface area (Å²) in [4.78, 5) is 13.9. The van der Waals surface area contributed by atoms with Crippen LogP contribution in [0.25, 0.3) is 0 Å². The van der Waals surface area contributed by atoms with Gasteiger partial charge in [0.15, 0.2) is 0 Å². The lowest BCUT2D eigenvalue weighted by atomic mass is 10.2. The van der Waals surface area contributed by atoms with E-state index in [0.29, 0.717) is 22.8 Å². The molecule has 0 unspecified atom stereocenters. The summed E-state index contributed by atoms with van der Waals surface area (Å²) >= 11 is 5.80. The molecule has 0 bridgehead atoms. The average Bonchev–Trinajstić information content (AvgIpc) is 2.42. The van der Waals surface area contributed by atoms with E-state index in [-0.39, 0.29) is 11.7 Å². The molecule has 0 N–H and O–H groups in total. The number of rotatable bonds is 3. The molecule has 0 aliphatic rings. The number of hydrogen-bond acceptors (Lipinski definition) is 1. The minimum atomic E-state index is -0.321. The van der Waals surface area contributed by atoms with E-state index in [0.717, 1.165) is 0 Å². The molecule has 0 heterocycles. The fourth-order valence-electron chi connectivity index (χ4n) is 1.81. The highest BCUT2D eigenvalue weighted by Gasteiger charge is 2.15. The first-order valence-corrected chi connectivity index (χ1v) is 6.32. The molecule has 0 fully saturated rings. The molecule has 2 nitrogen and oxygen atoms in total. The SMILES string of the molecule is CCN(C(=O)c1ccc(Cl)cc1)c1ccc(F)cc1. The van der Waals surface area contributed by atoms with Crippen molar-refractivity contribution >= 4 is 23.2 Å². The van der Waals surface area contributed by atoms with Crippen molar-refractivity contribution < 1.29 is 9.18 Å².